The van der Waals surface area contributed by atoms with E-state index >= 15 is 0 Å². The van der Waals surface area contributed by atoms with E-state index in [1.165, 1.54) is 25.7 Å². The fourth-order valence-corrected chi connectivity index (χ4v) is 2.41. The first kappa shape index (κ1) is 11.2. The van der Waals surface area contributed by atoms with Crippen molar-refractivity contribution in [2.75, 3.05) is 13.2 Å². The Morgan fingerprint density at radius 2 is 2.13 bits per heavy atom. The zero-order valence-electron chi connectivity index (χ0n) is 9.71. The van der Waals surface area contributed by atoms with Crippen molar-refractivity contribution in [3.8, 4) is 0 Å². The summed E-state index contributed by atoms with van der Waals surface area (Å²) in [5, 5.41) is 0. The van der Waals surface area contributed by atoms with Crippen LogP contribution in [0.4, 0.5) is 0 Å². The zero-order chi connectivity index (χ0) is 10.5. The summed E-state index contributed by atoms with van der Waals surface area (Å²) in [4.78, 5) is 0. The van der Waals surface area contributed by atoms with Gasteiger partial charge in [0.25, 0.3) is 0 Å². The Morgan fingerprint density at radius 3 is 2.80 bits per heavy atom. The molecular formula is C13H22O2. The summed E-state index contributed by atoms with van der Waals surface area (Å²) in [7, 11) is 0. The van der Waals surface area contributed by atoms with Crippen molar-refractivity contribution in [1.82, 2.24) is 0 Å². The minimum atomic E-state index is 0.0697. The highest BCUT2D eigenvalue weighted by Crippen LogP contribution is 2.29. The molecule has 0 bridgehead atoms. The molecule has 2 rings (SSSR count). The molecule has 0 aromatic heterocycles. The normalized spacial score (nSPS) is 28.1. The van der Waals surface area contributed by atoms with Crippen molar-refractivity contribution >= 4 is 0 Å². The molecule has 1 heterocycles. The molecule has 0 N–H and O–H groups in total. The molecule has 1 atom stereocenters. The first-order chi connectivity index (χ1) is 7.38. The maximum atomic E-state index is 5.54. The molecule has 0 radical (unpaired) electrons. The Kier molecular flexibility index (Phi) is 4.21. The van der Waals surface area contributed by atoms with E-state index in [1.54, 1.807) is 5.57 Å². The molecular weight excluding hydrogens is 188 g/mol. The van der Waals surface area contributed by atoms with Crippen LogP contribution in [0.2, 0.25) is 0 Å². The Bertz CT molecular complexity index is 217. The Balaban J connectivity index is 1.69. The average molecular weight is 210 g/mol. The molecule has 1 aliphatic carbocycles. The minimum Gasteiger partial charge on any atom is -0.353 e. The zero-order valence-corrected chi connectivity index (χ0v) is 9.71. The molecule has 1 aliphatic heterocycles. The fourth-order valence-electron chi connectivity index (χ4n) is 2.41. The summed E-state index contributed by atoms with van der Waals surface area (Å²) in [5.74, 6) is 0.841. The Labute approximate surface area is 92.6 Å². The van der Waals surface area contributed by atoms with Gasteiger partial charge in [0.15, 0.2) is 6.29 Å². The molecule has 0 amide bonds. The summed E-state index contributed by atoms with van der Waals surface area (Å²) in [5.41, 5.74) is 1.62. The minimum absolute atomic E-state index is 0.0697. The van der Waals surface area contributed by atoms with Gasteiger partial charge in [-0.25, -0.2) is 0 Å². The third kappa shape index (κ3) is 3.32. The Hall–Kier alpha value is -0.340. The molecule has 0 saturated carbocycles. The van der Waals surface area contributed by atoms with Crippen molar-refractivity contribution in [3.63, 3.8) is 0 Å². The molecule has 1 fully saturated rings. The van der Waals surface area contributed by atoms with Gasteiger partial charge in [-0.1, -0.05) is 18.6 Å². The topological polar surface area (TPSA) is 18.5 Å². The van der Waals surface area contributed by atoms with Crippen LogP contribution in [0.3, 0.4) is 0 Å². The first-order valence-electron chi connectivity index (χ1n) is 6.31. The van der Waals surface area contributed by atoms with Gasteiger partial charge in [0, 0.05) is 6.42 Å². The molecule has 0 spiro atoms. The van der Waals surface area contributed by atoms with Crippen LogP contribution in [0.5, 0.6) is 0 Å². The largest absolute Gasteiger partial charge is 0.353 e. The maximum absolute atomic E-state index is 5.54. The van der Waals surface area contributed by atoms with E-state index in [1.807, 2.05) is 0 Å². The second-order valence-corrected chi connectivity index (χ2v) is 4.60. The summed E-state index contributed by atoms with van der Waals surface area (Å²) in [6.07, 6.45) is 9.76. The van der Waals surface area contributed by atoms with E-state index in [-0.39, 0.29) is 6.29 Å². The third-order valence-electron chi connectivity index (χ3n) is 3.43. The average Bonchev–Trinajstić information content (AvgIpc) is 2.76. The van der Waals surface area contributed by atoms with Crippen LogP contribution < -0.4 is 0 Å². The summed E-state index contributed by atoms with van der Waals surface area (Å²) in [6.45, 7) is 4.03. The highest BCUT2D eigenvalue weighted by atomic mass is 16.7. The van der Waals surface area contributed by atoms with Crippen molar-refractivity contribution < 1.29 is 9.47 Å². The van der Waals surface area contributed by atoms with E-state index in [9.17, 15) is 0 Å². The number of hydrogen-bond acceptors (Lipinski definition) is 2. The van der Waals surface area contributed by atoms with E-state index < -0.39 is 0 Å². The standard InChI is InChI=1S/C13H22O2/c1-2-11-4-5-12(10-11)6-7-13-14-8-3-9-15-13/h10-11,13H,2-9H2,1H3. The summed E-state index contributed by atoms with van der Waals surface area (Å²) in [6, 6.07) is 0. The van der Waals surface area contributed by atoms with Gasteiger partial charge in [0.05, 0.1) is 13.2 Å². The van der Waals surface area contributed by atoms with Crippen LogP contribution in [0.15, 0.2) is 11.6 Å². The molecule has 86 valence electrons. The molecule has 2 aliphatic rings. The van der Waals surface area contributed by atoms with Crippen LogP contribution in [0.25, 0.3) is 0 Å². The Morgan fingerprint density at radius 1 is 1.33 bits per heavy atom. The van der Waals surface area contributed by atoms with Gasteiger partial charge < -0.3 is 9.47 Å². The van der Waals surface area contributed by atoms with Gasteiger partial charge in [-0.3, -0.25) is 0 Å². The molecule has 1 unspecified atom stereocenters. The molecule has 0 aromatic rings. The van der Waals surface area contributed by atoms with Crippen LogP contribution in [-0.2, 0) is 9.47 Å². The lowest BCUT2D eigenvalue weighted by Crippen LogP contribution is -2.24. The number of rotatable bonds is 4. The van der Waals surface area contributed by atoms with Crippen LogP contribution in [0, 0.1) is 5.92 Å². The highest BCUT2D eigenvalue weighted by molar-refractivity contribution is 5.10. The van der Waals surface area contributed by atoms with E-state index in [0.717, 1.165) is 32.0 Å². The lowest BCUT2D eigenvalue weighted by Gasteiger charge is -2.23. The summed E-state index contributed by atoms with van der Waals surface area (Å²) >= 11 is 0. The monoisotopic (exact) mass is 210 g/mol. The second-order valence-electron chi connectivity index (χ2n) is 4.60. The lowest BCUT2D eigenvalue weighted by molar-refractivity contribution is -0.180. The van der Waals surface area contributed by atoms with Crippen LogP contribution in [0.1, 0.15) is 45.4 Å². The number of allylic oxidation sites excluding steroid dienone is 2. The van der Waals surface area contributed by atoms with Crippen LogP contribution in [-0.4, -0.2) is 19.5 Å². The maximum Gasteiger partial charge on any atom is 0.157 e. The van der Waals surface area contributed by atoms with Gasteiger partial charge >= 0.3 is 0 Å². The quantitative estimate of drug-likeness (QED) is 0.663. The smallest absolute Gasteiger partial charge is 0.157 e. The molecule has 0 aromatic carbocycles. The van der Waals surface area contributed by atoms with Gasteiger partial charge in [0.1, 0.15) is 0 Å². The highest BCUT2D eigenvalue weighted by Gasteiger charge is 2.17. The van der Waals surface area contributed by atoms with Crippen LogP contribution >= 0.6 is 0 Å². The first-order valence-corrected chi connectivity index (χ1v) is 6.31. The number of hydrogen-bond donors (Lipinski definition) is 0. The van der Waals surface area contributed by atoms with Gasteiger partial charge in [-0.15, -0.1) is 0 Å². The molecule has 2 heteroatoms. The molecule has 1 saturated heterocycles. The van der Waals surface area contributed by atoms with Gasteiger partial charge in [-0.2, -0.15) is 0 Å². The van der Waals surface area contributed by atoms with Gasteiger partial charge in [-0.05, 0) is 38.0 Å². The predicted octanol–water partition coefficient (Wildman–Crippen LogP) is 3.28. The van der Waals surface area contributed by atoms with Crippen molar-refractivity contribution in [2.45, 2.75) is 51.7 Å². The molecule has 2 nitrogen and oxygen atoms in total. The molecule has 15 heavy (non-hydrogen) atoms. The number of ether oxygens (including phenoxy) is 2. The van der Waals surface area contributed by atoms with Crippen molar-refractivity contribution in [2.24, 2.45) is 5.92 Å². The van der Waals surface area contributed by atoms with E-state index in [2.05, 4.69) is 13.0 Å². The van der Waals surface area contributed by atoms with Crippen molar-refractivity contribution in [3.05, 3.63) is 11.6 Å². The lowest BCUT2D eigenvalue weighted by atomic mass is 10.1. The fraction of sp³-hybridized carbons (Fsp3) is 0.846. The summed E-state index contributed by atoms with van der Waals surface area (Å²) < 4.78 is 11.1. The third-order valence-corrected chi connectivity index (χ3v) is 3.43. The van der Waals surface area contributed by atoms with E-state index in [4.69, 9.17) is 9.47 Å². The SMILES string of the molecule is CCC1C=C(CCC2OCCCO2)CC1. The predicted molar refractivity (Wildman–Crippen MR) is 60.6 cm³/mol. The van der Waals surface area contributed by atoms with E-state index in [0.29, 0.717) is 0 Å². The van der Waals surface area contributed by atoms with Crippen molar-refractivity contribution in [1.29, 1.82) is 0 Å². The second kappa shape index (κ2) is 5.66. The van der Waals surface area contributed by atoms with Gasteiger partial charge in [0.2, 0.25) is 0 Å².